The van der Waals surface area contributed by atoms with Gasteiger partial charge in [-0.2, -0.15) is 0 Å². The van der Waals surface area contributed by atoms with E-state index in [2.05, 4.69) is 10.4 Å². The topological polar surface area (TPSA) is 69.4 Å². The standard InChI is InChI=1S/C14H19N3O2S/c1-9-8-20-13(16-9)7-11(17-15)10-5-4-6-12(18-2)14(10)19-3/h4-6,8,11,17H,7,15H2,1-3H3. The fraction of sp³-hybridized carbons (Fsp3) is 0.357. The fourth-order valence-corrected chi connectivity index (χ4v) is 2.94. The van der Waals surface area contributed by atoms with Crippen LogP contribution in [0.15, 0.2) is 23.6 Å². The van der Waals surface area contributed by atoms with Crippen LogP contribution in [0.1, 0.15) is 22.3 Å². The number of hydrazine groups is 1. The van der Waals surface area contributed by atoms with Gasteiger partial charge in [-0.3, -0.25) is 11.3 Å². The summed E-state index contributed by atoms with van der Waals surface area (Å²) in [6, 6.07) is 5.69. The SMILES string of the molecule is COc1cccc(C(Cc2nc(C)cs2)NN)c1OC. The summed E-state index contributed by atoms with van der Waals surface area (Å²) in [6.07, 6.45) is 0.707. The van der Waals surface area contributed by atoms with Gasteiger partial charge in [0.25, 0.3) is 0 Å². The number of rotatable bonds is 6. The molecule has 2 aromatic rings. The Morgan fingerprint density at radius 2 is 2.15 bits per heavy atom. The first-order chi connectivity index (χ1) is 9.69. The van der Waals surface area contributed by atoms with Gasteiger partial charge in [-0.05, 0) is 13.0 Å². The lowest BCUT2D eigenvalue weighted by Crippen LogP contribution is -2.30. The Morgan fingerprint density at radius 3 is 2.70 bits per heavy atom. The molecule has 1 aromatic heterocycles. The Hall–Kier alpha value is -1.63. The molecule has 1 atom stereocenters. The third-order valence-electron chi connectivity index (χ3n) is 3.06. The average molecular weight is 293 g/mol. The van der Waals surface area contributed by atoms with E-state index >= 15 is 0 Å². The molecule has 1 aromatic carbocycles. The Bertz CT molecular complexity index is 571. The van der Waals surface area contributed by atoms with E-state index in [1.807, 2.05) is 30.5 Å². The largest absolute Gasteiger partial charge is 0.493 e. The van der Waals surface area contributed by atoms with E-state index < -0.39 is 0 Å². The molecule has 3 N–H and O–H groups in total. The second-order valence-electron chi connectivity index (χ2n) is 4.39. The van der Waals surface area contributed by atoms with E-state index in [0.717, 1.165) is 16.3 Å². The molecule has 1 heterocycles. The number of hydrogen-bond acceptors (Lipinski definition) is 6. The number of aromatic nitrogens is 1. The molecule has 0 aliphatic carbocycles. The monoisotopic (exact) mass is 293 g/mol. The van der Waals surface area contributed by atoms with Gasteiger partial charge in [0.1, 0.15) is 0 Å². The third kappa shape index (κ3) is 3.09. The van der Waals surface area contributed by atoms with E-state index in [1.54, 1.807) is 25.6 Å². The lowest BCUT2D eigenvalue weighted by atomic mass is 10.0. The van der Waals surface area contributed by atoms with Gasteiger partial charge < -0.3 is 9.47 Å². The van der Waals surface area contributed by atoms with Gasteiger partial charge in [0, 0.05) is 23.1 Å². The molecule has 0 saturated carbocycles. The molecule has 0 saturated heterocycles. The number of ether oxygens (including phenoxy) is 2. The van der Waals surface area contributed by atoms with Crippen molar-refractivity contribution in [3.05, 3.63) is 39.8 Å². The van der Waals surface area contributed by atoms with Crippen molar-refractivity contribution in [2.24, 2.45) is 5.84 Å². The van der Waals surface area contributed by atoms with Crippen LogP contribution in [-0.2, 0) is 6.42 Å². The second-order valence-corrected chi connectivity index (χ2v) is 5.33. The molecule has 6 heteroatoms. The smallest absolute Gasteiger partial charge is 0.165 e. The van der Waals surface area contributed by atoms with Crippen molar-refractivity contribution in [3.63, 3.8) is 0 Å². The summed E-state index contributed by atoms with van der Waals surface area (Å²) in [7, 11) is 3.25. The first-order valence-electron chi connectivity index (χ1n) is 6.27. The molecular formula is C14H19N3O2S. The highest BCUT2D eigenvalue weighted by Gasteiger charge is 2.19. The normalized spacial score (nSPS) is 12.2. The minimum Gasteiger partial charge on any atom is -0.493 e. The number of nitrogens with two attached hydrogens (primary N) is 1. The maximum absolute atomic E-state index is 5.71. The molecule has 0 spiro atoms. The van der Waals surface area contributed by atoms with Crippen molar-refractivity contribution < 1.29 is 9.47 Å². The van der Waals surface area contributed by atoms with Crippen LogP contribution in [0, 0.1) is 6.92 Å². The van der Waals surface area contributed by atoms with Crippen molar-refractivity contribution in [3.8, 4) is 11.5 Å². The van der Waals surface area contributed by atoms with E-state index in [1.165, 1.54) is 0 Å². The summed E-state index contributed by atoms with van der Waals surface area (Å²) in [5.41, 5.74) is 4.82. The number of methoxy groups -OCH3 is 2. The summed E-state index contributed by atoms with van der Waals surface area (Å²) in [5, 5.41) is 3.07. The molecule has 0 radical (unpaired) electrons. The quantitative estimate of drug-likeness (QED) is 0.631. The van der Waals surface area contributed by atoms with E-state index in [9.17, 15) is 0 Å². The number of nitrogens with one attached hydrogen (secondary N) is 1. The zero-order chi connectivity index (χ0) is 14.5. The van der Waals surface area contributed by atoms with Crippen molar-refractivity contribution in [1.29, 1.82) is 0 Å². The van der Waals surface area contributed by atoms with Crippen LogP contribution >= 0.6 is 11.3 Å². The fourth-order valence-electron chi connectivity index (χ4n) is 2.12. The highest BCUT2D eigenvalue weighted by atomic mass is 32.1. The van der Waals surface area contributed by atoms with Crippen LogP contribution in [0.3, 0.4) is 0 Å². The second kappa shape index (κ2) is 6.69. The van der Waals surface area contributed by atoms with Crippen molar-refractivity contribution in [2.75, 3.05) is 14.2 Å². The van der Waals surface area contributed by atoms with Crippen LogP contribution in [0.5, 0.6) is 11.5 Å². The molecule has 0 aliphatic rings. The number of hydrogen-bond donors (Lipinski definition) is 2. The number of para-hydroxylation sites is 1. The van der Waals surface area contributed by atoms with Crippen LogP contribution in [0.2, 0.25) is 0 Å². The Morgan fingerprint density at radius 1 is 1.35 bits per heavy atom. The predicted molar refractivity (Wildman–Crippen MR) is 80.2 cm³/mol. The lowest BCUT2D eigenvalue weighted by Gasteiger charge is -2.19. The van der Waals surface area contributed by atoms with Gasteiger partial charge in [-0.15, -0.1) is 11.3 Å². The molecule has 2 rings (SSSR count). The molecule has 1 unspecified atom stereocenters. The first kappa shape index (κ1) is 14.8. The van der Waals surface area contributed by atoms with Crippen molar-refractivity contribution >= 4 is 11.3 Å². The number of nitrogens with zero attached hydrogens (tertiary/aromatic N) is 1. The van der Waals surface area contributed by atoms with Gasteiger partial charge in [0.05, 0.1) is 25.3 Å². The first-order valence-corrected chi connectivity index (χ1v) is 7.15. The molecule has 0 amide bonds. The summed E-state index contributed by atoms with van der Waals surface area (Å²) in [4.78, 5) is 4.47. The maximum atomic E-state index is 5.71. The molecule has 0 fully saturated rings. The minimum absolute atomic E-state index is 0.0781. The number of benzene rings is 1. The van der Waals surface area contributed by atoms with Crippen LogP contribution in [0.25, 0.3) is 0 Å². The Kier molecular flexibility index (Phi) is 4.94. The van der Waals surface area contributed by atoms with Gasteiger partial charge in [-0.25, -0.2) is 4.98 Å². The summed E-state index contributed by atoms with van der Waals surface area (Å²) >= 11 is 1.63. The number of aryl methyl sites for hydroxylation is 1. The molecule has 5 nitrogen and oxygen atoms in total. The van der Waals surface area contributed by atoms with Gasteiger partial charge in [-0.1, -0.05) is 12.1 Å². The van der Waals surface area contributed by atoms with Gasteiger partial charge in [0.15, 0.2) is 11.5 Å². The van der Waals surface area contributed by atoms with E-state index in [-0.39, 0.29) is 6.04 Å². The maximum Gasteiger partial charge on any atom is 0.165 e. The van der Waals surface area contributed by atoms with Crippen molar-refractivity contribution in [2.45, 2.75) is 19.4 Å². The van der Waals surface area contributed by atoms with Crippen LogP contribution in [-0.4, -0.2) is 19.2 Å². The molecule has 108 valence electrons. The lowest BCUT2D eigenvalue weighted by molar-refractivity contribution is 0.346. The van der Waals surface area contributed by atoms with Crippen LogP contribution < -0.4 is 20.7 Å². The zero-order valence-electron chi connectivity index (χ0n) is 11.8. The van der Waals surface area contributed by atoms with Gasteiger partial charge >= 0.3 is 0 Å². The third-order valence-corrected chi connectivity index (χ3v) is 4.04. The van der Waals surface area contributed by atoms with Gasteiger partial charge in [0.2, 0.25) is 0 Å². The molecule has 0 aliphatic heterocycles. The predicted octanol–water partition coefficient (Wildman–Crippen LogP) is 2.22. The number of thiazole rings is 1. The summed E-state index contributed by atoms with van der Waals surface area (Å²) in [5.74, 6) is 7.10. The zero-order valence-corrected chi connectivity index (χ0v) is 12.7. The van der Waals surface area contributed by atoms with Crippen molar-refractivity contribution in [1.82, 2.24) is 10.4 Å². The van der Waals surface area contributed by atoms with E-state index in [0.29, 0.717) is 17.9 Å². The minimum atomic E-state index is -0.0781. The van der Waals surface area contributed by atoms with Crippen LogP contribution in [0.4, 0.5) is 0 Å². The average Bonchev–Trinajstić information content (AvgIpc) is 2.89. The molecule has 0 bridgehead atoms. The Balaban J connectivity index is 2.31. The molecular weight excluding hydrogens is 274 g/mol. The molecule has 20 heavy (non-hydrogen) atoms. The Labute approximate surface area is 122 Å². The highest BCUT2D eigenvalue weighted by molar-refractivity contribution is 7.09. The summed E-state index contributed by atoms with van der Waals surface area (Å²) in [6.45, 7) is 1.98. The highest BCUT2D eigenvalue weighted by Crippen LogP contribution is 2.35. The van der Waals surface area contributed by atoms with E-state index in [4.69, 9.17) is 15.3 Å². The summed E-state index contributed by atoms with van der Waals surface area (Å²) < 4.78 is 10.8.